The Hall–Kier alpha value is -0.810. The van der Waals surface area contributed by atoms with Crippen LogP contribution in [0.2, 0.25) is 0 Å². The van der Waals surface area contributed by atoms with Crippen LogP contribution in [0.4, 0.5) is 4.79 Å². The van der Waals surface area contributed by atoms with E-state index >= 15 is 0 Å². The van der Waals surface area contributed by atoms with E-state index < -0.39 is 0 Å². The number of hydrogen-bond acceptors (Lipinski definition) is 3. The predicted octanol–water partition coefficient (Wildman–Crippen LogP) is 0.701. The number of nitrogens with one attached hydrogen (secondary N) is 1. The van der Waals surface area contributed by atoms with Gasteiger partial charge in [-0.3, -0.25) is 0 Å². The average Bonchev–Trinajstić information content (AvgIpc) is 2.30. The van der Waals surface area contributed by atoms with Crippen LogP contribution in [-0.2, 0) is 9.47 Å². The first kappa shape index (κ1) is 13.3. The van der Waals surface area contributed by atoms with Gasteiger partial charge in [0, 0.05) is 39.8 Å². The van der Waals surface area contributed by atoms with Gasteiger partial charge in [0.1, 0.15) is 0 Å². The number of hydrogen-bond donors (Lipinski definition) is 1. The van der Waals surface area contributed by atoms with E-state index in [0.29, 0.717) is 19.1 Å². The molecule has 5 nitrogen and oxygen atoms in total. The van der Waals surface area contributed by atoms with E-state index in [1.165, 1.54) is 0 Å². The van der Waals surface area contributed by atoms with Gasteiger partial charge in [0.15, 0.2) is 0 Å². The van der Waals surface area contributed by atoms with Gasteiger partial charge in [-0.2, -0.15) is 0 Å². The summed E-state index contributed by atoms with van der Waals surface area (Å²) in [7, 11) is 3.33. The zero-order valence-corrected chi connectivity index (χ0v) is 10.2. The molecule has 0 aliphatic carbocycles. The van der Waals surface area contributed by atoms with Gasteiger partial charge in [-0.05, 0) is 12.8 Å². The minimum absolute atomic E-state index is 0.0119. The molecule has 0 bridgehead atoms. The van der Waals surface area contributed by atoms with Crippen molar-refractivity contribution in [3.63, 3.8) is 0 Å². The fraction of sp³-hybridized carbons (Fsp3) is 0.909. The predicted molar refractivity (Wildman–Crippen MR) is 61.4 cm³/mol. The third-order valence-electron chi connectivity index (χ3n) is 2.79. The molecular formula is C11H22N2O3. The molecule has 1 aliphatic heterocycles. The summed E-state index contributed by atoms with van der Waals surface area (Å²) in [6, 6.07) is 0.0119. The fourth-order valence-electron chi connectivity index (χ4n) is 1.99. The molecule has 1 rings (SSSR count). The SMILES string of the molecule is COCCNC(=O)N1CCCC(COC)C1. The Morgan fingerprint density at radius 3 is 2.94 bits per heavy atom. The number of methoxy groups -OCH3 is 2. The van der Waals surface area contributed by atoms with Crippen LogP contribution < -0.4 is 5.32 Å². The highest BCUT2D eigenvalue weighted by Gasteiger charge is 2.23. The number of piperidine rings is 1. The number of carbonyl (C=O) groups is 1. The van der Waals surface area contributed by atoms with E-state index in [0.717, 1.165) is 32.5 Å². The number of likely N-dealkylation sites (tertiary alicyclic amines) is 1. The van der Waals surface area contributed by atoms with Crippen molar-refractivity contribution in [2.45, 2.75) is 12.8 Å². The van der Waals surface area contributed by atoms with Gasteiger partial charge >= 0.3 is 6.03 Å². The first-order valence-electron chi connectivity index (χ1n) is 5.78. The highest BCUT2D eigenvalue weighted by molar-refractivity contribution is 5.74. The Morgan fingerprint density at radius 2 is 2.25 bits per heavy atom. The molecule has 0 aromatic heterocycles. The topological polar surface area (TPSA) is 50.8 Å². The van der Waals surface area contributed by atoms with Crippen LogP contribution in [0.1, 0.15) is 12.8 Å². The van der Waals surface area contributed by atoms with Crippen LogP contribution in [0, 0.1) is 5.92 Å². The average molecular weight is 230 g/mol. The lowest BCUT2D eigenvalue weighted by Crippen LogP contribution is -2.46. The number of carbonyl (C=O) groups excluding carboxylic acids is 1. The summed E-state index contributed by atoms with van der Waals surface area (Å²) < 4.78 is 10.0. The molecule has 0 spiro atoms. The highest BCUT2D eigenvalue weighted by Crippen LogP contribution is 2.16. The third kappa shape index (κ3) is 4.37. The summed E-state index contributed by atoms with van der Waals surface area (Å²) in [5.74, 6) is 0.479. The molecule has 1 saturated heterocycles. The molecule has 94 valence electrons. The first-order valence-corrected chi connectivity index (χ1v) is 5.78. The molecule has 1 aliphatic rings. The molecule has 16 heavy (non-hydrogen) atoms. The van der Waals surface area contributed by atoms with Crippen LogP contribution in [0.25, 0.3) is 0 Å². The van der Waals surface area contributed by atoms with Gasteiger partial charge in [-0.1, -0.05) is 0 Å². The summed E-state index contributed by atoms with van der Waals surface area (Å²) in [5.41, 5.74) is 0. The smallest absolute Gasteiger partial charge is 0.317 e. The molecule has 0 aromatic rings. The van der Waals surface area contributed by atoms with Gasteiger partial charge in [0.2, 0.25) is 0 Å². The Kier molecular flexibility index (Phi) is 6.18. The summed E-state index contributed by atoms with van der Waals surface area (Å²) in [5, 5.41) is 2.84. The fourth-order valence-corrected chi connectivity index (χ4v) is 1.99. The Balaban J connectivity index is 2.26. The van der Waals surface area contributed by atoms with Crippen molar-refractivity contribution < 1.29 is 14.3 Å². The van der Waals surface area contributed by atoms with Crippen molar-refractivity contribution in [2.24, 2.45) is 5.92 Å². The second-order valence-electron chi connectivity index (χ2n) is 4.13. The van der Waals surface area contributed by atoms with E-state index in [1.807, 2.05) is 4.90 Å². The summed E-state index contributed by atoms with van der Waals surface area (Å²) in [6.45, 7) is 3.51. The molecule has 1 atom stereocenters. The monoisotopic (exact) mass is 230 g/mol. The van der Waals surface area contributed by atoms with E-state index in [9.17, 15) is 4.79 Å². The van der Waals surface area contributed by atoms with Crippen molar-refractivity contribution in [3.8, 4) is 0 Å². The quantitative estimate of drug-likeness (QED) is 0.707. The molecule has 1 unspecified atom stereocenters. The molecule has 0 radical (unpaired) electrons. The van der Waals surface area contributed by atoms with Gasteiger partial charge in [-0.15, -0.1) is 0 Å². The number of amides is 2. The first-order chi connectivity index (χ1) is 7.77. The van der Waals surface area contributed by atoms with E-state index in [2.05, 4.69) is 5.32 Å². The Labute approximate surface area is 97.1 Å². The van der Waals surface area contributed by atoms with Crippen molar-refractivity contribution in [1.29, 1.82) is 0 Å². The second-order valence-corrected chi connectivity index (χ2v) is 4.13. The van der Waals surface area contributed by atoms with Crippen LogP contribution >= 0.6 is 0 Å². The minimum atomic E-state index is 0.0119. The van der Waals surface area contributed by atoms with Crippen molar-refractivity contribution in [3.05, 3.63) is 0 Å². The van der Waals surface area contributed by atoms with Crippen LogP contribution in [0.5, 0.6) is 0 Å². The third-order valence-corrected chi connectivity index (χ3v) is 2.79. The largest absolute Gasteiger partial charge is 0.384 e. The van der Waals surface area contributed by atoms with E-state index in [-0.39, 0.29) is 6.03 Å². The number of ether oxygens (including phenoxy) is 2. The molecular weight excluding hydrogens is 208 g/mol. The number of rotatable bonds is 5. The molecule has 1 N–H and O–H groups in total. The van der Waals surface area contributed by atoms with E-state index in [4.69, 9.17) is 9.47 Å². The van der Waals surface area contributed by atoms with Crippen molar-refractivity contribution >= 4 is 6.03 Å². The zero-order valence-electron chi connectivity index (χ0n) is 10.2. The lowest BCUT2D eigenvalue weighted by atomic mass is 9.99. The normalized spacial score (nSPS) is 20.9. The van der Waals surface area contributed by atoms with Gasteiger partial charge < -0.3 is 19.7 Å². The highest BCUT2D eigenvalue weighted by atomic mass is 16.5. The molecule has 1 fully saturated rings. The Morgan fingerprint density at radius 1 is 1.44 bits per heavy atom. The minimum Gasteiger partial charge on any atom is -0.384 e. The maximum Gasteiger partial charge on any atom is 0.317 e. The second kappa shape index (κ2) is 7.46. The van der Waals surface area contributed by atoms with Gasteiger partial charge in [0.25, 0.3) is 0 Å². The lowest BCUT2D eigenvalue weighted by molar-refractivity contribution is 0.0995. The summed E-state index contributed by atoms with van der Waals surface area (Å²) in [4.78, 5) is 13.6. The van der Waals surface area contributed by atoms with Gasteiger partial charge in [-0.25, -0.2) is 4.79 Å². The molecule has 2 amide bonds. The summed E-state index contributed by atoms with van der Waals surface area (Å²) >= 11 is 0. The number of nitrogens with zero attached hydrogens (tertiary/aromatic N) is 1. The molecule has 0 saturated carbocycles. The van der Waals surface area contributed by atoms with Crippen LogP contribution in [-0.4, -0.2) is 58.0 Å². The maximum atomic E-state index is 11.7. The van der Waals surface area contributed by atoms with Crippen molar-refractivity contribution in [2.75, 3.05) is 47.1 Å². The van der Waals surface area contributed by atoms with E-state index in [1.54, 1.807) is 14.2 Å². The summed E-state index contributed by atoms with van der Waals surface area (Å²) in [6.07, 6.45) is 2.21. The Bertz CT molecular complexity index is 209. The van der Waals surface area contributed by atoms with Crippen LogP contribution in [0.15, 0.2) is 0 Å². The maximum absolute atomic E-state index is 11.7. The number of urea groups is 1. The van der Waals surface area contributed by atoms with Crippen LogP contribution in [0.3, 0.4) is 0 Å². The molecule has 5 heteroatoms. The van der Waals surface area contributed by atoms with Crippen molar-refractivity contribution in [1.82, 2.24) is 10.2 Å². The molecule has 1 heterocycles. The standard InChI is InChI=1S/C11H22N2O3/c1-15-7-5-12-11(14)13-6-3-4-10(8-13)9-16-2/h10H,3-9H2,1-2H3,(H,12,14). The molecule has 0 aromatic carbocycles. The zero-order chi connectivity index (χ0) is 11.8. The lowest BCUT2D eigenvalue weighted by Gasteiger charge is -2.32. The van der Waals surface area contributed by atoms with Gasteiger partial charge in [0.05, 0.1) is 13.2 Å².